The first-order chi connectivity index (χ1) is 11.3. The van der Waals surface area contributed by atoms with Crippen LogP contribution in [-0.4, -0.2) is 7.11 Å². The second-order valence-corrected chi connectivity index (χ2v) is 5.58. The minimum atomic E-state index is -0.0548. The molecule has 0 heterocycles. The summed E-state index contributed by atoms with van der Waals surface area (Å²) < 4.78 is 11.2. The molecule has 23 heavy (non-hydrogen) atoms. The molecule has 1 aliphatic rings. The molecule has 2 aromatic rings. The highest BCUT2D eigenvalue weighted by Gasteiger charge is 2.24. The Hall–Kier alpha value is -2.55. The molecule has 3 nitrogen and oxygen atoms in total. The SMILES string of the molecule is COC1=CCCC1c1ccccc(OCc2ccccc2)c1=O. The van der Waals surface area contributed by atoms with Gasteiger partial charge in [0.2, 0.25) is 5.43 Å². The van der Waals surface area contributed by atoms with Gasteiger partial charge in [0.05, 0.1) is 12.9 Å². The average molecular weight is 308 g/mol. The van der Waals surface area contributed by atoms with E-state index in [1.54, 1.807) is 13.2 Å². The topological polar surface area (TPSA) is 35.5 Å². The molecule has 0 saturated heterocycles. The summed E-state index contributed by atoms with van der Waals surface area (Å²) in [7, 11) is 1.66. The lowest BCUT2D eigenvalue weighted by Gasteiger charge is -2.13. The van der Waals surface area contributed by atoms with Crippen LogP contribution in [0.1, 0.15) is 29.9 Å². The molecule has 1 aliphatic carbocycles. The van der Waals surface area contributed by atoms with Gasteiger partial charge >= 0.3 is 0 Å². The van der Waals surface area contributed by atoms with Crippen LogP contribution in [0.25, 0.3) is 0 Å². The molecule has 3 heteroatoms. The summed E-state index contributed by atoms with van der Waals surface area (Å²) in [4.78, 5) is 12.8. The van der Waals surface area contributed by atoms with Crippen molar-refractivity contribution in [3.05, 3.63) is 87.8 Å². The van der Waals surface area contributed by atoms with Crippen LogP contribution in [0, 0.1) is 0 Å². The molecule has 0 amide bonds. The van der Waals surface area contributed by atoms with E-state index < -0.39 is 0 Å². The van der Waals surface area contributed by atoms with E-state index in [2.05, 4.69) is 6.08 Å². The highest BCUT2D eigenvalue weighted by atomic mass is 16.5. The third-order valence-corrected chi connectivity index (χ3v) is 4.11. The first kappa shape index (κ1) is 15.3. The van der Waals surface area contributed by atoms with Crippen LogP contribution in [0.3, 0.4) is 0 Å². The van der Waals surface area contributed by atoms with Crippen molar-refractivity contribution in [2.45, 2.75) is 25.4 Å². The number of ether oxygens (including phenoxy) is 2. The maximum Gasteiger partial charge on any atom is 0.224 e. The molecular weight excluding hydrogens is 288 g/mol. The number of hydrogen-bond acceptors (Lipinski definition) is 3. The Morgan fingerprint density at radius 1 is 1.04 bits per heavy atom. The fourth-order valence-electron chi connectivity index (χ4n) is 2.93. The Bertz CT molecular complexity index is 750. The van der Waals surface area contributed by atoms with Crippen molar-refractivity contribution in [1.82, 2.24) is 0 Å². The molecule has 118 valence electrons. The maximum atomic E-state index is 12.8. The summed E-state index contributed by atoms with van der Waals surface area (Å²) in [5.74, 6) is 1.29. The Morgan fingerprint density at radius 3 is 2.57 bits per heavy atom. The van der Waals surface area contributed by atoms with Gasteiger partial charge in [-0.15, -0.1) is 0 Å². The molecule has 1 unspecified atom stereocenters. The van der Waals surface area contributed by atoms with Crippen LogP contribution < -0.4 is 10.2 Å². The van der Waals surface area contributed by atoms with Gasteiger partial charge < -0.3 is 9.47 Å². The highest BCUT2D eigenvalue weighted by molar-refractivity contribution is 5.34. The maximum absolute atomic E-state index is 12.8. The van der Waals surface area contributed by atoms with Gasteiger partial charge in [0.15, 0.2) is 5.75 Å². The van der Waals surface area contributed by atoms with Crippen molar-refractivity contribution in [1.29, 1.82) is 0 Å². The van der Waals surface area contributed by atoms with E-state index >= 15 is 0 Å². The summed E-state index contributed by atoms with van der Waals surface area (Å²) in [6.07, 6.45) is 3.90. The quantitative estimate of drug-likeness (QED) is 0.836. The van der Waals surface area contributed by atoms with E-state index in [-0.39, 0.29) is 11.3 Å². The fourth-order valence-corrected chi connectivity index (χ4v) is 2.93. The van der Waals surface area contributed by atoms with Crippen LogP contribution in [0.5, 0.6) is 5.75 Å². The lowest BCUT2D eigenvalue weighted by Crippen LogP contribution is -2.14. The van der Waals surface area contributed by atoms with E-state index in [1.165, 1.54) is 0 Å². The molecule has 0 aliphatic heterocycles. The number of benzene rings is 1. The second-order valence-electron chi connectivity index (χ2n) is 5.58. The lowest BCUT2D eigenvalue weighted by molar-refractivity contribution is 0.269. The van der Waals surface area contributed by atoms with Gasteiger partial charge in [-0.25, -0.2) is 0 Å². The third kappa shape index (κ3) is 3.45. The normalized spacial score (nSPS) is 16.7. The summed E-state index contributed by atoms with van der Waals surface area (Å²) in [5, 5.41) is 0. The minimum absolute atomic E-state index is 0.0268. The first-order valence-electron chi connectivity index (χ1n) is 7.83. The van der Waals surface area contributed by atoms with Crippen molar-refractivity contribution in [2.75, 3.05) is 7.11 Å². The van der Waals surface area contributed by atoms with Gasteiger partial charge in [-0.1, -0.05) is 48.5 Å². The summed E-state index contributed by atoms with van der Waals surface area (Å²) in [5.41, 5.74) is 1.72. The zero-order valence-electron chi connectivity index (χ0n) is 13.2. The molecule has 0 aromatic heterocycles. The van der Waals surface area contributed by atoms with Crippen LogP contribution in [0.4, 0.5) is 0 Å². The Morgan fingerprint density at radius 2 is 1.78 bits per heavy atom. The van der Waals surface area contributed by atoms with Gasteiger partial charge in [0.25, 0.3) is 0 Å². The summed E-state index contributed by atoms with van der Waals surface area (Å²) in [6.45, 7) is 0.386. The van der Waals surface area contributed by atoms with E-state index in [9.17, 15) is 4.79 Å². The van der Waals surface area contributed by atoms with Gasteiger partial charge in [0, 0.05) is 11.5 Å². The van der Waals surface area contributed by atoms with E-state index in [0.29, 0.717) is 12.4 Å². The van der Waals surface area contributed by atoms with Crippen LogP contribution in [0.2, 0.25) is 0 Å². The lowest BCUT2D eigenvalue weighted by atomic mass is 9.98. The molecule has 2 aromatic carbocycles. The molecule has 0 bridgehead atoms. The van der Waals surface area contributed by atoms with Gasteiger partial charge in [-0.2, -0.15) is 0 Å². The van der Waals surface area contributed by atoms with E-state index in [0.717, 1.165) is 29.7 Å². The van der Waals surface area contributed by atoms with E-state index in [1.807, 2.05) is 48.5 Å². The second kappa shape index (κ2) is 7.14. The molecule has 0 N–H and O–H groups in total. The molecule has 1 atom stereocenters. The zero-order chi connectivity index (χ0) is 16.1. The first-order valence-corrected chi connectivity index (χ1v) is 7.83. The predicted molar refractivity (Wildman–Crippen MR) is 90.6 cm³/mol. The van der Waals surface area contributed by atoms with E-state index in [4.69, 9.17) is 9.47 Å². The molecule has 0 fully saturated rings. The number of rotatable bonds is 5. The van der Waals surface area contributed by atoms with Crippen molar-refractivity contribution in [3.63, 3.8) is 0 Å². The zero-order valence-corrected chi connectivity index (χ0v) is 13.2. The van der Waals surface area contributed by atoms with Crippen molar-refractivity contribution < 1.29 is 9.47 Å². The largest absolute Gasteiger partial charge is 0.501 e. The fraction of sp³-hybridized carbons (Fsp3) is 0.250. The number of allylic oxidation sites excluding steroid dienone is 2. The molecule has 0 spiro atoms. The Kier molecular flexibility index (Phi) is 4.77. The van der Waals surface area contributed by atoms with Crippen LogP contribution in [0.15, 0.2) is 71.2 Å². The monoisotopic (exact) mass is 308 g/mol. The summed E-state index contributed by atoms with van der Waals surface area (Å²) in [6, 6.07) is 17.2. The standard InChI is InChI=1S/C20H20O3/c1-22-18-13-7-11-16(18)17-10-5-6-12-19(20(17)21)23-14-15-8-3-2-4-9-15/h2-6,8-10,12-13,16H,7,11,14H2,1H3. The molecule has 0 radical (unpaired) electrons. The van der Waals surface area contributed by atoms with Crippen molar-refractivity contribution in [3.8, 4) is 5.75 Å². The van der Waals surface area contributed by atoms with Crippen LogP contribution >= 0.6 is 0 Å². The predicted octanol–water partition coefficient (Wildman–Crippen LogP) is 4.03. The minimum Gasteiger partial charge on any atom is -0.501 e. The molecule has 0 saturated carbocycles. The van der Waals surface area contributed by atoms with Crippen LogP contribution in [-0.2, 0) is 11.3 Å². The highest BCUT2D eigenvalue weighted by Crippen LogP contribution is 2.34. The summed E-state index contributed by atoms with van der Waals surface area (Å²) >= 11 is 0. The van der Waals surface area contributed by atoms with Gasteiger partial charge in [-0.05, 0) is 30.5 Å². The van der Waals surface area contributed by atoms with Crippen molar-refractivity contribution in [2.24, 2.45) is 0 Å². The average Bonchev–Trinajstić information content (AvgIpc) is 2.98. The Balaban J connectivity index is 1.88. The molecule has 3 rings (SSSR count). The smallest absolute Gasteiger partial charge is 0.224 e. The number of hydrogen-bond donors (Lipinski definition) is 0. The number of methoxy groups -OCH3 is 1. The van der Waals surface area contributed by atoms with Crippen molar-refractivity contribution >= 4 is 0 Å². The third-order valence-electron chi connectivity index (χ3n) is 4.11. The van der Waals surface area contributed by atoms with Gasteiger partial charge in [-0.3, -0.25) is 4.79 Å². The molecular formula is C20H20O3. The van der Waals surface area contributed by atoms with Gasteiger partial charge in [0.1, 0.15) is 6.61 Å². The Labute approximate surface area is 136 Å².